The maximum Gasteiger partial charge on any atom is 0.352 e. The van der Waals surface area contributed by atoms with Gasteiger partial charge in [-0.2, -0.15) is 0 Å². The number of aromatic nitrogens is 4. The maximum atomic E-state index is 13.5. The van der Waals surface area contributed by atoms with Gasteiger partial charge in [0.25, 0.3) is 11.5 Å². The van der Waals surface area contributed by atoms with E-state index in [1.165, 1.54) is 9.08 Å². The van der Waals surface area contributed by atoms with Crippen molar-refractivity contribution >= 4 is 22.6 Å². The van der Waals surface area contributed by atoms with Crippen LogP contribution in [-0.4, -0.2) is 30.7 Å². The number of rotatable bonds is 6. The van der Waals surface area contributed by atoms with Gasteiger partial charge in [-0.15, -0.1) is 5.10 Å². The first-order chi connectivity index (χ1) is 16.5. The molecule has 1 N–H and O–H groups in total. The molecule has 8 nitrogen and oxygen atoms in total. The van der Waals surface area contributed by atoms with Crippen molar-refractivity contribution in [3.63, 3.8) is 0 Å². The summed E-state index contributed by atoms with van der Waals surface area (Å²) < 4.78 is 4.42. The maximum absolute atomic E-state index is 13.5. The molecular weight excluding hydrogens is 430 g/mol. The summed E-state index contributed by atoms with van der Waals surface area (Å²) in [4.78, 5) is 39.8. The Hall–Kier alpha value is -3.68. The number of nitrogens with zero attached hydrogens (tertiary/aromatic N) is 4. The molecule has 1 fully saturated rings. The number of hydrogen-bond acceptors (Lipinski definition) is 4. The normalized spacial score (nSPS) is 14.3. The van der Waals surface area contributed by atoms with Crippen LogP contribution < -0.4 is 16.6 Å². The number of amides is 1. The smallest absolute Gasteiger partial charge is 0.349 e. The van der Waals surface area contributed by atoms with Crippen molar-refractivity contribution in [1.82, 2.24) is 24.1 Å². The largest absolute Gasteiger partial charge is 0.352 e. The van der Waals surface area contributed by atoms with Crippen LogP contribution >= 0.6 is 0 Å². The zero-order valence-electron chi connectivity index (χ0n) is 19.6. The summed E-state index contributed by atoms with van der Waals surface area (Å²) in [6.07, 6.45) is 4.93. The molecule has 5 rings (SSSR count). The third-order valence-electron chi connectivity index (χ3n) is 6.76. The van der Waals surface area contributed by atoms with Gasteiger partial charge in [0.05, 0.1) is 17.4 Å². The Morgan fingerprint density at radius 1 is 1.12 bits per heavy atom. The van der Waals surface area contributed by atoms with Gasteiger partial charge in [0.15, 0.2) is 0 Å². The zero-order chi connectivity index (χ0) is 23.8. The molecule has 1 amide bonds. The molecule has 34 heavy (non-hydrogen) atoms. The molecular formula is C26H29N5O3. The highest BCUT2D eigenvalue weighted by Gasteiger charge is 2.21. The summed E-state index contributed by atoms with van der Waals surface area (Å²) in [5.41, 5.74) is 2.35. The quantitative estimate of drug-likeness (QED) is 0.479. The van der Waals surface area contributed by atoms with Crippen LogP contribution in [0.5, 0.6) is 0 Å². The lowest BCUT2D eigenvalue weighted by Gasteiger charge is -2.13. The Labute approximate surface area is 196 Å². The predicted octanol–water partition coefficient (Wildman–Crippen LogP) is 3.25. The van der Waals surface area contributed by atoms with Gasteiger partial charge in [0.1, 0.15) is 0 Å². The molecule has 4 aromatic rings. The van der Waals surface area contributed by atoms with Gasteiger partial charge in [-0.1, -0.05) is 44.0 Å². The molecule has 0 radical (unpaired) electrons. The summed E-state index contributed by atoms with van der Waals surface area (Å²) in [7, 11) is 0. The van der Waals surface area contributed by atoms with Crippen molar-refractivity contribution in [2.45, 2.75) is 65.1 Å². The Balaban J connectivity index is 1.68. The minimum atomic E-state index is -0.332. The SMILES string of the molecule is CCCn1c(=O)c2ccc(C(=O)NC3CCCC3)cc2n2c(=O)n(Cc3ccccc3C)nc12. The predicted molar refractivity (Wildman–Crippen MR) is 132 cm³/mol. The summed E-state index contributed by atoms with van der Waals surface area (Å²) in [5, 5.41) is 8.05. The summed E-state index contributed by atoms with van der Waals surface area (Å²) >= 11 is 0. The number of benzene rings is 2. The van der Waals surface area contributed by atoms with Crippen LogP contribution in [0.15, 0.2) is 52.1 Å². The van der Waals surface area contributed by atoms with Crippen molar-refractivity contribution in [2.75, 3.05) is 0 Å². The highest BCUT2D eigenvalue weighted by atomic mass is 16.2. The van der Waals surface area contributed by atoms with Gasteiger partial charge in [0.2, 0.25) is 5.78 Å². The molecule has 2 aromatic heterocycles. The fraction of sp³-hybridized carbons (Fsp3) is 0.385. The molecule has 1 saturated carbocycles. The zero-order valence-corrected chi connectivity index (χ0v) is 19.6. The Kier molecular flexibility index (Phi) is 5.81. The Morgan fingerprint density at radius 3 is 2.62 bits per heavy atom. The van der Waals surface area contributed by atoms with Gasteiger partial charge >= 0.3 is 5.69 Å². The fourth-order valence-corrected chi connectivity index (χ4v) is 4.87. The second-order valence-corrected chi connectivity index (χ2v) is 9.15. The minimum absolute atomic E-state index is 0.181. The third-order valence-corrected chi connectivity index (χ3v) is 6.76. The van der Waals surface area contributed by atoms with E-state index in [9.17, 15) is 14.4 Å². The average Bonchev–Trinajstić information content (AvgIpc) is 3.46. The molecule has 8 heteroatoms. The molecule has 0 bridgehead atoms. The highest BCUT2D eigenvalue weighted by Crippen LogP contribution is 2.19. The lowest BCUT2D eigenvalue weighted by molar-refractivity contribution is 0.0938. The number of carbonyl (C=O) groups is 1. The van der Waals surface area contributed by atoms with Crippen LogP contribution in [0.3, 0.4) is 0 Å². The monoisotopic (exact) mass is 459 g/mol. The third kappa shape index (κ3) is 3.83. The second kappa shape index (κ2) is 8.93. The molecule has 176 valence electrons. The van der Waals surface area contributed by atoms with Gasteiger partial charge in [-0.3, -0.25) is 14.2 Å². The fourth-order valence-electron chi connectivity index (χ4n) is 4.87. The topological polar surface area (TPSA) is 90.4 Å². The molecule has 0 spiro atoms. The van der Waals surface area contributed by atoms with Gasteiger partial charge in [-0.25, -0.2) is 13.9 Å². The van der Waals surface area contributed by atoms with Gasteiger partial charge < -0.3 is 5.32 Å². The van der Waals surface area contributed by atoms with Gasteiger partial charge in [-0.05, 0) is 55.5 Å². The summed E-state index contributed by atoms with van der Waals surface area (Å²) in [6, 6.07) is 13.0. The summed E-state index contributed by atoms with van der Waals surface area (Å²) in [5.74, 6) is 0.117. The van der Waals surface area contributed by atoms with Gasteiger partial charge in [0, 0.05) is 18.2 Å². The number of nitrogens with one attached hydrogen (secondary N) is 1. The first kappa shape index (κ1) is 22.1. The van der Waals surface area contributed by atoms with Crippen LogP contribution in [0.1, 0.15) is 60.5 Å². The highest BCUT2D eigenvalue weighted by molar-refractivity contribution is 5.98. The first-order valence-electron chi connectivity index (χ1n) is 12.0. The average molecular weight is 460 g/mol. The van der Waals surface area contributed by atoms with Crippen LogP contribution in [0.4, 0.5) is 0 Å². The summed E-state index contributed by atoms with van der Waals surface area (Å²) in [6.45, 7) is 4.72. The van der Waals surface area contributed by atoms with E-state index >= 15 is 0 Å². The molecule has 0 saturated heterocycles. The molecule has 2 aromatic carbocycles. The minimum Gasteiger partial charge on any atom is -0.349 e. The van der Waals surface area contributed by atoms with Crippen molar-refractivity contribution in [1.29, 1.82) is 0 Å². The number of carbonyl (C=O) groups excluding carboxylic acids is 1. The van der Waals surface area contributed by atoms with E-state index in [1.54, 1.807) is 22.8 Å². The van der Waals surface area contributed by atoms with Crippen molar-refractivity contribution in [3.05, 3.63) is 80.0 Å². The Morgan fingerprint density at radius 2 is 1.88 bits per heavy atom. The molecule has 0 unspecified atom stereocenters. The van der Waals surface area contributed by atoms with E-state index in [1.807, 2.05) is 38.1 Å². The number of hydrogen-bond donors (Lipinski definition) is 1. The molecule has 1 aliphatic carbocycles. The first-order valence-corrected chi connectivity index (χ1v) is 12.0. The Bertz CT molecular complexity index is 1500. The van der Waals surface area contributed by atoms with Crippen molar-refractivity contribution < 1.29 is 4.79 Å². The molecule has 2 heterocycles. The lowest BCUT2D eigenvalue weighted by atomic mass is 10.1. The van der Waals surface area contributed by atoms with Crippen LogP contribution in [0.25, 0.3) is 16.7 Å². The van der Waals surface area contributed by atoms with E-state index < -0.39 is 0 Å². The van der Waals surface area contributed by atoms with Crippen molar-refractivity contribution in [2.24, 2.45) is 0 Å². The molecule has 0 aliphatic heterocycles. The second-order valence-electron chi connectivity index (χ2n) is 9.15. The molecule has 1 aliphatic rings. The van der Waals surface area contributed by atoms with Crippen LogP contribution in [0, 0.1) is 6.92 Å². The standard InChI is InChI=1S/C26H29N5O3/c1-3-14-29-24(33)21-13-12-18(23(32)27-20-10-6-7-11-20)15-22(21)31-25(29)28-30(26(31)34)16-19-9-5-4-8-17(19)2/h4-5,8-9,12-13,15,20H,3,6-7,10-11,14,16H2,1-2H3,(H,27,32). The molecule has 0 atom stereocenters. The van der Waals surface area contributed by atoms with Crippen molar-refractivity contribution in [3.8, 4) is 0 Å². The van der Waals surface area contributed by atoms with E-state index in [0.717, 1.165) is 43.2 Å². The van der Waals surface area contributed by atoms with E-state index in [-0.39, 0.29) is 23.2 Å². The van der Waals surface area contributed by atoms with E-state index in [0.29, 0.717) is 35.3 Å². The van der Waals surface area contributed by atoms with E-state index in [4.69, 9.17) is 0 Å². The lowest BCUT2D eigenvalue weighted by Crippen LogP contribution is -2.33. The van der Waals surface area contributed by atoms with Crippen LogP contribution in [0.2, 0.25) is 0 Å². The number of fused-ring (bicyclic) bond motifs is 3. The van der Waals surface area contributed by atoms with Crippen LogP contribution in [-0.2, 0) is 13.1 Å². The van der Waals surface area contributed by atoms with E-state index in [2.05, 4.69) is 10.4 Å². The number of aryl methyl sites for hydroxylation is 2.